The summed E-state index contributed by atoms with van der Waals surface area (Å²) in [5.41, 5.74) is 0. The molecule has 25 heavy (non-hydrogen) atoms. The molecule has 0 radical (unpaired) electrons. The van der Waals surface area contributed by atoms with Crippen molar-refractivity contribution in [1.82, 2.24) is 15.1 Å². The van der Waals surface area contributed by atoms with Crippen molar-refractivity contribution >= 4 is 35.9 Å². The van der Waals surface area contributed by atoms with Crippen LogP contribution in [0.5, 0.6) is 0 Å². The van der Waals surface area contributed by atoms with Gasteiger partial charge < -0.3 is 19.9 Å². The van der Waals surface area contributed by atoms with Gasteiger partial charge in [0.2, 0.25) is 0 Å². The van der Waals surface area contributed by atoms with Crippen molar-refractivity contribution < 1.29 is 9.53 Å². The molecule has 6 nitrogen and oxygen atoms in total. The Hall–Kier alpha value is -0.570. The van der Waals surface area contributed by atoms with Crippen LogP contribution in [-0.2, 0) is 9.53 Å². The second kappa shape index (κ2) is 11.9. The summed E-state index contributed by atoms with van der Waals surface area (Å²) in [7, 11) is 4.03. The maximum atomic E-state index is 12.0. The van der Waals surface area contributed by atoms with Crippen molar-refractivity contribution in [2.24, 2.45) is 16.8 Å². The Morgan fingerprint density at radius 2 is 1.96 bits per heavy atom. The van der Waals surface area contributed by atoms with Crippen LogP contribution < -0.4 is 5.32 Å². The first-order chi connectivity index (χ1) is 11.6. The largest absolute Gasteiger partial charge is 0.466 e. The molecular formula is C18H35IN4O2. The van der Waals surface area contributed by atoms with Crippen LogP contribution in [0.15, 0.2) is 4.99 Å². The summed E-state index contributed by atoms with van der Waals surface area (Å²) in [6.07, 6.45) is 5.72. The Balaban J connectivity index is 0.00000312. The van der Waals surface area contributed by atoms with E-state index in [1.165, 1.54) is 32.4 Å². The van der Waals surface area contributed by atoms with E-state index in [0.29, 0.717) is 13.2 Å². The molecule has 0 aromatic rings. The number of nitrogens with zero attached hydrogens (tertiary/aromatic N) is 3. The number of likely N-dealkylation sites (tertiary alicyclic amines) is 2. The molecule has 1 atom stereocenters. The highest BCUT2D eigenvalue weighted by atomic mass is 127. The molecule has 0 aromatic carbocycles. The molecule has 1 N–H and O–H groups in total. The second-order valence-electron chi connectivity index (χ2n) is 7.05. The number of piperidine rings is 2. The molecule has 0 saturated carbocycles. The van der Waals surface area contributed by atoms with Crippen molar-refractivity contribution in [2.45, 2.75) is 39.0 Å². The quantitative estimate of drug-likeness (QED) is 0.292. The molecule has 0 aliphatic carbocycles. The summed E-state index contributed by atoms with van der Waals surface area (Å²) < 4.78 is 5.18. The number of guanidine groups is 1. The minimum Gasteiger partial charge on any atom is -0.466 e. The average Bonchev–Trinajstić information content (AvgIpc) is 2.60. The molecule has 2 rings (SSSR count). The first-order valence-corrected chi connectivity index (χ1v) is 9.44. The fourth-order valence-corrected chi connectivity index (χ4v) is 3.69. The Bertz CT molecular complexity index is 425. The van der Waals surface area contributed by atoms with Crippen LogP contribution in [0.3, 0.4) is 0 Å². The zero-order valence-corrected chi connectivity index (χ0v) is 18.3. The van der Waals surface area contributed by atoms with Gasteiger partial charge in [0.05, 0.1) is 12.5 Å². The monoisotopic (exact) mass is 466 g/mol. The summed E-state index contributed by atoms with van der Waals surface area (Å²) >= 11 is 0. The lowest BCUT2D eigenvalue weighted by Crippen LogP contribution is -2.48. The number of halogens is 1. The van der Waals surface area contributed by atoms with E-state index in [0.717, 1.165) is 37.8 Å². The van der Waals surface area contributed by atoms with E-state index in [1.807, 2.05) is 14.0 Å². The highest BCUT2D eigenvalue weighted by Gasteiger charge is 2.28. The maximum Gasteiger partial charge on any atom is 0.310 e. The van der Waals surface area contributed by atoms with Gasteiger partial charge >= 0.3 is 5.97 Å². The lowest BCUT2D eigenvalue weighted by Gasteiger charge is -2.34. The number of nitrogens with one attached hydrogen (secondary N) is 1. The van der Waals surface area contributed by atoms with Crippen molar-refractivity contribution in [1.29, 1.82) is 0 Å². The minimum atomic E-state index is -0.0658. The van der Waals surface area contributed by atoms with Crippen LogP contribution in [0.1, 0.15) is 39.0 Å². The summed E-state index contributed by atoms with van der Waals surface area (Å²) in [4.78, 5) is 21.0. The van der Waals surface area contributed by atoms with Gasteiger partial charge in [0.1, 0.15) is 0 Å². The van der Waals surface area contributed by atoms with Gasteiger partial charge in [0.25, 0.3) is 0 Å². The molecule has 0 amide bonds. The minimum absolute atomic E-state index is 0. The van der Waals surface area contributed by atoms with E-state index in [1.54, 1.807) is 0 Å². The van der Waals surface area contributed by atoms with Gasteiger partial charge in [-0.3, -0.25) is 9.79 Å². The molecule has 2 heterocycles. The van der Waals surface area contributed by atoms with E-state index in [2.05, 4.69) is 27.2 Å². The molecule has 0 spiro atoms. The van der Waals surface area contributed by atoms with E-state index < -0.39 is 0 Å². The summed E-state index contributed by atoms with van der Waals surface area (Å²) in [5, 5.41) is 3.50. The fourth-order valence-electron chi connectivity index (χ4n) is 3.69. The normalized spacial score (nSPS) is 23.1. The Morgan fingerprint density at radius 3 is 2.60 bits per heavy atom. The molecule has 1 unspecified atom stereocenters. The van der Waals surface area contributed by atoms with Crippen molar-refractivity contribution in [3.63, 3.8) is 0 Å². The third-order valence-electron chi connectivity index (χ3n) is 5.23. The van der Waals surface area contributed by atoms with Crippen LogP contribution in [0.25, 0.3) is 0 Å². The highest BCUT2D eigenvalue weighted by Crippen LogP contribution is 2.20. The molecule has 2 saturated heterocycles. The van der Waals surface area contributed by atoms with Crippen molar-refractivity contribution in [3.05, 3.63) is 0 Å². The topological polar surface area (TPSA) is 57.2 Å². The Kier molecular flexibility index (Phi) is 10.7. The number of carbonyl (C=O) groups excluding carboxylic acids is 1. The molecule has 0 aromatic heterocycles. The number of aliphatic imine (C=N–C) groups is 1. The number of hydrogen-bond donors (Lipinski definition) is 1. The molecule has 0 bridgehead atoms. The van der Waals surface area contributed by atoms with Gasteiger partial charge in [0, 0.05) is 26.7 Å². The molecule has 2 aliphatic heterocycles. The van der Waals surface area contributed by atoms with Crippen LogP contribution in [-0.4, -0.2) is 75.2 Å². The lowest BCUT2D eigenvalue weighted by molar-refractivity contribution is -0.149. The molecule has 2 fully saturated rings. The zero-order valence-electron chi connectivity index (χ0n) is 16.0. The van der Waals surface area contributed by atoms with Crippen LogP contribution in [0.2, 0.25) is 0 Å². The SMILES string of the molecule is CCOC(=O)C1CCCN(C(=NC)NCCC2CCN(C)CC2)C1.I. The summed E-state index contributed by atoms with van der Waals surface area (Å²) in [6, 6.07) is 0. The molecule has 146 valence electrons. The third-order valence-corrected chi connectivity index (χ3v) is 5.23. The lowest BCUT2D eigenvalue weighted by atomic mass is 9.94. The van der Waals surface area contributed by atoms with E-state index in [-0.39, 0.29) is 35.9 Å². The first-order valence-electron chi connectivity index (χ1n) is 9.44. The third kappa shape index (κ3) is 7.29. The molecular weight excluding hydrogens is 431 g/mol. The first kappa shape index (κ1) is 22.5. The van der Waals surface area contributed by atoms with Gasteiger partial charge in [-0.25, -0.2) is 0 Å². The molecule has 7 heteroatoms. The predicted octanol–water partition coefficient (Wildman–Crippen LogP) is 2.19. The van der Waals surface area contributed by atoms with Crippen LogP contribution >= 0.6 is 24.0 Å². The van der Waals surface area contributed by atoms with Crippen molar-refractivity contribution in [3.8, 4) is 0 Å². The van der Waals surface area contributed by atoms with Gasteiger partial charge in [-0.15, -0.1) is 24.0 Å². The van der Waals surface area contributed by atoms with Crippen molar-refractivity contribution in [2.75, 3.05) is 53.4 Å². The highest BCUT2D eigenvalue weighted by molar-refractivity contribution is 14.0. The summed E-state index contributed by atoms with van der Waals surface area (Å²) in [5.74, 6) is 1.66. The number of carbonyl (C=O) groups is 1. The number of esters is 1. The maximum absolute atomic E-state index is 12.0. The van der Waals surface area contributed by atoms with Gasteiger partial charge in [0.15, 0.2) is 5.96 Å². The van der Waals surface area contributed by atoms with Crippen LogP contribution in [0, 0.1) is 11.8 Å². The van der Waals surface area contributed by atoms with Gasteiger partial charge in [-0.05, 0) is 65.1 Å². The van der Waals surface area contributed by atoms with Gasteiger partial charge in [-0.1, -0.05) is 0 Å². The second-order valence-corrected chi connectivity index (χ2v) is 7.05. The zero-order chi connectivity index (χ0) is 17.4. The number of rotatable bonds is 5. The van der Waals surface area contributed by atoms with Crippen LogP contribution in [0.4, 0.5) is 0 Å². The molecule has 2 aliphatic rings. The van der Waals surface area contributed by atoms with E-state index >= 15 is 0 Å². The summed E-state index contributed by atoms with van der Waals surface area (Å²) in [6.45, 7) is 7.39. The Morgan fingerprint density at radius 1 is 1.24 bits per heavy atom. The van der Waals surface area contributed by atoms with E-state index in [4.69, 9.17) is 4.74 Å². The number of hydrogen-bond acceptors (Lipinski definition) is 4. The Labute approximate surface area is 169 Å². The standard InChI is InChI=1S/C18H34N4O2.HI/c1-4-24-17(23)16-6-5-11-22(14-16)18(19-2)20-10-7-15-8-12-21(3)13-9-15;/h15-16H,4-14H2,1-3H3,(H,19,20);1H. The van der Waals surface area contributed by atoms with E-state index in [9.17, 15) is 4.79 Å². The average molecular weight is 466 g/mol. The number of ether oxygens (including phenoxy) is 1. The predicted molar refractivity (Wildman–Crippen MR) is 113 cm³/mol. The van der Waals surface area contributed by atoms with Gasteiger partial charge in [-0.2, -0.15) is 0 Å². The fraction of sp³-hybridized carbons (Fsp3) is 0.889. The smallest absolute Gasteiger partial charge is 0.310 e.